The first kappa shape index (κ1) is 20.5. The molecule has 2 fully saturated rings. The highest BCUT2D eigenvalue weighted by molar-refractivity contribution is 5.94. The third kappa shape index (κ3) is 4.77. The molecule has 3 aliphatic rings. The van der Waals surface area contributed by atoms with Crippen molar-refractivity contribution in [3.8, 4) is 5.75 Å². The van der Waals surface area contributed by atoms with Crippen LogP contribution in [-0.4, -0.2) is 46.4 Å². The number of amides is 1. The highest BCUT2D eigenvalue weighted by Crippen LogP contribution is 2.33. The topological polar surface area (TPSA) is 87.8 Å². The SMILES string of the molecule is O=C1CCc2ccc(O[C@@H]3CCN(Cc4cc(C5CCCCC5)no4)C[C@H]3O)cc2N1. The average Bonchev–Trinajstić information content (AvgIpc) is 3.24. The van der Waals surface area contributed by atoms with E-state index in [2.05, 4.69) is 21.4 Å². The lowest BCUT2D eigenvalue weighted by molar-refractivity contribution is -0.116. The molecule has 31 heavy (non-hydrogen) atoms. The Morgan fingerprint density at radius 2 is 2.03 bits per heavy atom. The maximum atomic E-state index is 11.6. The van der Waals surface area contributed by atoms with Gasteiger partial charge in [0.15, 0.2) is 5.76 Å². The molecule has 1 aliphatic carbocycles. The standard InChI is InChI=1S/C24H31N3O4/c28-22-15-27(14-19-13-21(26-31-19)16-4-2-1-3-5-16)11-10-23(22)30-18-8-6-17-7-9-24(29)25-20(17)12-18/h6,8,12-13,16,22-23,28H,1-5,7,9-11,14-15H2,(H,25,29)/t22-,23-/m1/s1. The zero-order valence-corrected chi connectivity index (χ0v) is 17.9. The summed E-state index contributed by atoms with van der Waals surface area (Å²) in [7, 11) is 0. The number of hydrogen-bond acceptors (Lipinski definition) is 6. The molecule has 1 aromatic carbocycles. The molecule has 0 spiro atoms. The van der Waals surface area contributed by atoms with Gasteiger partial charge in [-0.25, -0.2) is 0 Å². The van der Waals surface area contributed by atoms with Crippen LogP contribution in [0.4, 0.5) is 5.69 Å². The molecule has 1 aromatic heterocycles. The van der Waals surface area contributed by atoms with Crippen LogP contribution in [0.3, 0.4) is 0 Å². The fraction of sp³-hybridized carbons (Fsp3) is 0.583. The predicted octanol–water partition coefficient (Wildman–Crippen LogP) is 3.62. The number of anilines is 1. The summed E-state index contributed by atoms with van der Waals surface area (Å²) in [6.07, 6.45) is 7.47. The van der Waals surface area contributed by atoms with E-state index in [0.717, 1.165) is 42.1 Å². The number of piperidine rings is 1. The van der Waals surface area contributed by atoms with Crippen LogP contribution in [0.25, 0.3) is 0 Å². The Hall–Kier alpha value is -2.38. The summed E-state index contributed by atoms with van der Waals surface area (Å²) < 4.78 is 11.7. The number of nitrogens with zero attached hydrogens (tertiary/aromatic N) is 2. The molecule has 5 rings (SSSR count). The minimum Gasteiger partial charge on any atom is -0.488 e. The Labute approximate surface area is 182 Å². The number of carbonyl (C=O) groups excluding carboxylic acids is 1. The van der Waals surface area contributed by atoms with Crippen LogP contribution in [-0.2, 0) is 17.8 Å². The van der Waals surface area contributed by atoms with Crippen molar-refractivity contribution in [3.63, 3.8) is 0 Å². The number of rotatable bonds is 5. The Kier molecular flexibility index (Phi) is 5.96. The molecule has 1 saturated heterocycles. The summed E-state index contributed by atoms with van der Waals surface area (Å²) in [5, 5.41) is 17.9. The Morgan fingerprint density at radius 3 is 2.87 bits per heavy atom. The van der Waals surface area contributed by atoms with Crippen molar-refractivity contribution in [1.82, 2.24) is 10.1 Å². The van der Waals surface area contributed by atoms with Crippen molar-refractivity contribution < 1.29 is 19.2 Å². The van der Waals surface area contributed by atoms with E-state index in [9.17, 15) is 9.90 Å². The zero-order chi connectivity index (χ0) is 21.2. The maximum Gasteiger partial charge on any atom is 0.224 e. The maximum absolute atomic E-state index is 11.6. The van der Waals surface area contributed by atoms with Gasteiger partial charge in [0.25, 0.3) is 0 Å². The molecule has 0 bridgehead atoms. The van der Waals surface area contributed by atoms with Crippen LogP contribution in [0.15, 0.2) is 28.8 Å². The van der Waals surface area contributed by atoms with Gasteiger partial charge >= 0.3 is 0 Å². The van der Waals surface area contributed by atoms with Gasteiger partial charge in [-0.15, -0.1) is 0 Å². The molecular weight excluding hydrogens is 394 g/mol. The first-order valence-corrected chi connectivity index (χ1v) is 11.6. The summed E-state index contributed by atoms with van der Waals surface area (Å²) in [5.41, 5.74) is 3.04. The van der Waals surface area contributed by atoms with E-state index >= 15 is 0 Å². The van der Waals surface area contributed by atoms with Gasteiger partial charge in [0.1, 0.15) is 18.0 Å². The number of carbonyl (C=O) groups is 1. The average molecular weight is 426 g/mol. The number of benzene rings is 1. The molecule has 0 unspecified atom stereocenters. The van der Waals surface area contributed by atoms with E-state index in [1.54, 1.807) is 0 Å². The number of hydrogen-bond donors (Lipinski definition) is 2. The summed E-state index contributed by atoms with van der Waals surface area (Å²) >= 11 is 0. The number of β-amino-alcohol motifs (C(OH)–C–C–N with tert-alkyl or cyclic N) is 1. The lowest BCUT2D eigenvalue weighted by Crippen LogP contribution is -2.48. The first-order chi connectivity index (χ1) is 15.1. The van der Waals surface area contributed by atoms with Gasteiger partial charge in [0, 0.05) is 43.2 Å². The molecule has 0 radical (unpaired) electrons. The van der Waals surface area contributed by atoms with Gasteiger partial charge in [-0.05, 0) is 37.3 Å². The zero-order valence-electron chi connectivity index (χ0n) is 17.9. The number of likely N-dealkylation sites (tertiary alicyclic amines) is 1. The van der Waals surface area contributed by atoms with Gasteiger partial charge in [-0.1, -0.05) is 30.5 Å². The fourth-order valence-electron chi connectivity index (χ4n) is 5.07. The molecule has 166 valence electrons. The lowest BCUT2D eigenvalue weighted by Gasteiger charge is -2.35. The van der Waals surface area contributed by atoms with E-state index in [1.165, 1.54) is 32.1 Å². The highest BCUT2D eigenvalue weighted by Gasteiger charge is 2.30. The van der Waals surface area contributed by atoms with E-state index < -0.39 is 6.10 Å². The van der Waals surface area contributed by atoms with Crippen molar-refractivity contribution in [3.05, 3.63) is 41.3 Å². The second-order valence-corrected chi connectivity index (χ2v) is 9.17. The van der Waals surface area contributed by atoms with E-state index in [0.29, 0.717) is 31.2 Å². The molecule has 2 atom stereocenters. The number of fused-ring (bicyclic) bond motifs is 1. The Morgan fingerprint density at radius 1 is 1.16 bits per heavy atom. The molecule has 2 aromatic rings. The number of ether oxygens (including phenoxy) is 1. The van der Waals surface area contributed by atoms with Crippen molar-refractivity contribution in [2.75, 3.05) is 18.4 Å². The van der Waals surface area contributed by atoms with Gasteiger partial charge in [0.2, 0.25) is 5.91 Å². The van der Waals surface area contributed by atoms with Gasteiger partial charge < -0.3 is 19.7 Å². The van der Waals surface area contributed by atoms with Crippen LogP contribution >= 0.6 is 0 Å². The highest BCUT2D eigenvalue weighted by atomic mass is 16.5. The molecule has 2 N–H and O–H groups in total. The number of nitrogens with one attached hydrogen (secondary N) is 1. The van der Waals surface area contributed by atoms with Crippen LogP contribution < -0.4 is 10.1 Å². The third-order valence-electron chi connectivity index (χ3n) is 6.85. The number of aryl methyl sites for hydroxylation is 1. The molecular formula is C24H31N3O4. The van der Waals surface area contributed by atoms with Crippen molar-refractivity contribution in [2.45, 2.75) is 76.0 Å². The molecule has 7 heteroatoms. The summed E-state index contributed by atoms with van der Waals surface area (Å²) in [6, 6.07) is 7.90. The van der Waals surface area contributed by atoms with Gasteiger partial charge in [0.05, 0.1) is 12.2 Å². The predicted molar refractivity (Wildman–Crippen MR) is 116 cm³/mol. The third-order valence-corrected chi connectivity index (χ3v) is 6.85. The number of aliphatic hydroxyl groups excluding tert-OH is 1. The summed E-state index contributed by atoms with van der Waals surface area (Å²) in [5.74, 6) is 2.14. The largest absolute Gasteiger partial charge is 0.488 e. The monoisotopic (exact) mass is 425 g/mol. The minimum atomic E-state index is -0.583. The molecule has 3 heterocycles. The van der Waals surface area contributed by atoms with E-state index in [-0.39, 0.29) is 12.0 Å². The molecule has 2 aliphatic heterocycles. The Balaban J connectivity index is 1.15. The van der Waals surface area contributed by atoms with Crippen molar-refractivity contribution in [1.29, 1.82) is 0 Å². The fourth-order valence-corrected chi connectivity index (χ4v) is 5.07. The first-order valence-electron chi connectivity index (χ1n) is 11.6. The van der Waals surface area contributed by atoms with Gasteiger partial charge in [-0.2, -0.15) is 0 Å². The molecule has 7 nitrogen and oxygen atoms in total. The second-order valence-electron chi connectivity index (χ2n) is 9.17. The molecule has 1 saturated carbocycles. The normalized spacial score (nSPS) is 25.1. The lowest BCUT2D eigenvalue weighted by atomic mass is 9.87. The van der Waals surface area contributed by atoms with E-state index in [1.807, 2.05) is 18.2 Å². The van der Waals surface area contributed by atoms with Crippen LogP contribution in [0.5, 0.6) is 5.75 Å². The van der Waals surface area contributed by atoms with Crippen LogP contribution in [0.1, 0.15) is 67.9 Å². The quantitative estimate of drug-likeness (QED) is 0.761. The summed E-state index contributed by atoms with van der Waals surface area (Å²) in [4.78, 5) is 13.8. The van der Waals surface area contributed by atoms with Crippen LogP contribution in [0, 0.1) is 0 Å². The van der Waals surface area contributed by atoms with E-state index in [4.69, 9.17) is 9.26 Å². The smallest absolute Gasteiger partial charge is 0.224 e. The van der Waals surface area contributed by atoms with Crippen LogP contribution in [0.2, 0.25) is 0 Å². The molecule has 1 amide bonds. The Bertz CT molecular complexity index is 921. The van der Waals surface area contributed by atoms with Crippen molar-refractivity contribution in [2.24, 2.45) is 0 Å². The number of aliphatic hydroxyl groups is 1. The minimum absolute atomic E-state index is 0.0389. The van der Waals surface area contributed by atoms with Gasteiger partial charge in [-0.3, -0.25) is 9.69 Å². The second kappa shape index (κ2) is 9.01. The number of aromatic nitrogens is 1. The summed E-state index contributed by atoms with van der Waals surface area (Å²) in [6.45, 7) is 2.02. The van der Waals surface area contributed by atoms with Crippen molar-refractivity contribution >= 4 is 11.6 Å².